The standard InChI is InChI=1S/C24H19FN4O3/c25-18-5-3-4-17(14-18)24(30)29-13-10-19(15-29)31-21-7-2-1-6-20(21)23-27-22(28-32-23)16-8-11-26-12-9-16/h1-9,11-12,14,19H,10,13,15H2. The number of ether oxygens (including phenoxy) is 1. The summed E-state index contributed by atoms with van der Waals surface area (Å²) < 4.78 is 25.2. The van der Waals surface area contributed by atoms with Gasteiger partial charge in [0.15, 0.2) is 0 Å². The molecule has 0 spiro atoms. The van der Waals surface area contributed by atoms with Crippen molar-refractivity contribution in [3.05, 3.63) is 84.4 Å². The number of benzene rings is 2. The number of hydrogen-bond donors (Lipinski definition) is 0. The van der Waals surface area contributed by atoms with E-state index in [9.17, 15) is 9.18 Å². The number of para-hydroxylation sites is 1. The molecule has 1 amide bonds. The van der Waals surface area contributed by atoms with E-state index in [1.165, 1.54) is 18.2 Å². The number of carbonyl (C=O) groups excluding carboxylic acids is 1. The van der Waals surface area contributed by atoms with E-state index >= 15 is 0 Å². The van der Waals surface area contributed by atoms with E-state index < -0.39 is 5.82 Å². The summed E-state index contributed by atoms with van der Waals surface area (Å²) in [5, 5.41) is 4.06. The number of hydrogen-bond acceptors (Lipinski definition) is 6. The molecule has 2 aromatic carbocycles. The van der Waals surface area contributed by atoms with Crippen LogP contribution in [0, 0.1) is 5.82 Å². The van der Waals surface area contributed by atoms with E-state index in [1.807, 2.05) is 24.3 Å². The van der Waals surface area contributed by atoms with Crippen LogP contribution in [0.2, 0.25) is 0 Å². The lowest BCUT2D eigenvalue weighted by Crippen LogP contribution is -2.31. The molecule has 7 nitrogen and oxygen atoms in total. The number of aromatic nitrogens is 3. The van der Waals surface area contributed by atoms with Gasteiger partial charge in [0.25, 0.3) is 11.8 Å². The van der Waals surface area contributed by atoms with Gasteiger partial charge in [0.1, 0.15) is 17.7 Å². The van der Waals surface area contributed by atoms with Crippen molar-refractivity contribution in [1.82, 2.24) is 20.0 Å². The first-order chi connectivity index (χ1) is 15.7. The molecule has 32 heavy (non-hydrogen) atoms. The second-order valence-corrected chi connectivity index (χ2v) is 7.45. The average Bonchev–Trinajstić information content (AvgIpc) is 3.50. The van der Waals surface area contributed by atoms with Gasteiger partial charge in [-0.2, -0.15) is 4.98 Å². The third-order valence-corrected chi connectivity index (χ3v) is 5.28. The second kappa shape index (κ2) is 8.58. The fourth-order valence-corrected chi connectivity index (χ4v) is 3.69. The van der Waals surface area contributed by atoms with E-state index in [4.69, 9.17) is 9.26 Å². The van der Waals surface area contributed by atoms with Crippen LogP contribution in [-0.4, -0.2) is 45.1 Å². The maximum atomic E-state index is 13.5. The number of rotatable bonds is 5. The molecule has 0 saturated carbocycles. The molecule has 5 rings (SSSR count). The zero-order valence-electron chi connectivity index (χ0n) is 17.0. The van der Waals surface area contributed by atoms with Gasteiger partial charge in [-0.15, -0.1) is 0 Å². The number of nitrogens with zero attached hydrogens (tertiary/aromatic N) is 4. The average molecular weight is 430 g/mol. The van der Waals surface area contributed by atoms with Gasteiger partial charge in [-0.25, -0.2) is 4.39 Å². The molecule has 0 bridgehead atoms. The van der Waals surface area contributed by atoms with Crippen molar-refractivity contribution in [2.45, 2.75) is 12.5 Å². The van der Waals surface area contributed by atoms with Gasteiger partial charge >= 0.3 is 0 Å². The highest BCUT2D eigenvalue weighted by molar-refractivity contribution is 5.94. The highest BCUT2D eigenvalue weighted by Gasteiger charge is 2.29. The number of pyridine rings is 1. The molecule has 1 saturated heterocycles. The van der Waals surface area contributed by atoms with Crippen LogP contribution in [0.3, 0.4) is 0 Å². The van der Waals surface area contributed by atoms with Gasteiger partial charge in [0.2, 0.25) is 5.82 Å². The zero-order chi connectivity index (χ0) is 21.9. The largest absolute Gasteiger partial charge is 0.488 e. The van der Waals surface area contributed by atoms with Crippen LogP contribution in [0.1, 0.15) is 16.8 Å². The summed E-state index contributed by atoms with van der Waals surface area (Å²) in [5.41, 5.74) is 1.81. The molecule has 3 heterocycles. The number of carbonyl (C=O) groups is 1. The van der Waals surface area contributed by atoms with Crippen molar-refractivity contribution in [1.29, 1.82) is 0 Å². The minimum absolute atomic E-state index is 0.198. The van der Waals surface area contributed by atoms with Crippen LogP contribution < -0.4 is 4.74 Å². The maximum Gasteiger partial charge on any atom is 0.262 e. The lowest BCUT2D eigenvalue weighted by Gasteiger charge is -2.18. The molecule has 0 N–H and O–H groups in total. The molecule has 1 aliphatic heterocycles. The van der Waals surface area contributed by atoms with Crippen LogP contribution in [0.4, 0.5) is 4.39 Å². The number of halogens is 1. The summed E-state index contributed by atoms with van der Waals surface area (Å²) in [6.07, 6.45) is 3.80. The molecule has 0 aliphatic carbocycles. The van der Waals surface area contributed by atoms with Crippen LogP contribution in [0.25, 0.3) is 22.8 Å². The Balaban J connectivity index is 1.31. The minimum Gasteiger partial charge on any atom is -0.488 e. The van der Waals surface area contributed by atoms with E-state index in [-0.39, 0.29) is 12.0 Å². The van der Waals surface area contributed by atoms with Crippen molar-refractivity contribution in [2.24, 2.45) is 0 Å². The Labute approximate surface area is 183 Å². The first-order valence-electron chi connectivity index (χ1n) is 10.2. The molecule has 1 atom stereocenters. The summed E-state index contributed by atoms with van der Waals surface area (Å²) in [6.45, 7) is 0.949. The molecular formula is C24H19FN4O3. The Hall–Kier alpha value is -4.07. The SMILES string of the molecule is O=C(c1cccc(F)c1)N1CCC(Oc2ccccc2-c2nc(-c3ccncc3)no2)C1. The summed E-state index contributed by atoms with van der Waals surface area (Å²) in [4.78, 5) is 22.9. The van der Waals surface area contributed by atoms with Crippen molar-refractivity contribution >= 4 is 5.91 Å². The van der Waals surface area contributed by atoms with E-state index in [2.05, 4.69) is 15.1 Å². The van der Waals surface area contributed by atoms with Crippen LogP contribution in [-0.2, 0) is 0 Å². The summed E-state index contributed by atoms with van der Waals surface area (Å²) in [5.74, 6) is 0.774. The summed E-state index contributed by atoms with van der Waals surface area (Å²) in [7, 11) is 0. The van der Waals surface area contributed by atoms with E-state index in [1.54, 1.807) is 35.5 Å². The topological polar surface area (TPSA) is 81.4 Å². The lowest BCUT2D eigenvalue weighted by molar-refractivity contribution is 0.0772. The smallest absolute Gasteiger partial charge is 0.262 e. The first-order valence-corrected chi connectivity index (χ1v) is 10.2. The van der Waals surface area contributed by atoms with Crippen molar-refractivity contribution in [3.63, 3.8) is 0 Å². The molecule has 1 unspecified atom stereocenters. The van der Waals surface area contributed by atoms with Gasteiger partial charge in [-0.3, -0.25) is 9.78 Å². The van der Waals surface area contributed by atoms with Crippen LogP contribution in [0.15, 0.2) is 77.6 Å². The van der Waals surface area contributed by atoms with Gasteiger partial charge in [0.05, 0.1) is 12.1 Å². The molecular weight excluding hydrogens is 411 g/mol. The molecule has 160 valence electrons. The Morgan fingerprint density at radius 2 is 1.94 bits per heavy atom. The monoisotopic (exact) mass is 430 g/mol. The van der Waals surface area contributed by atoms with Crippen molar-refractivity contribution in [2.75, 3.05) is 13.1 Å². The quantitative estimate of drug-likeness (QED) is 0.471. The van der Waals surface area contributed by atoms with E-state index in [0.717, 1.165) is 5.56 Å². The predicted octanol–water partition coefficient (Wildman–Crippen LogP) is 4.23. The minimum atomic E-state index is -0.428. The normalized spacial score (nSPS) is 15.7. The third kappa shape index (κ3) is 4.07. The molecule has 0 radical (unpaired) electrons. The molecule has 8 heteroatoms. The third-order valence-electron chi connectivity index (χ3n) is 5.28. The molecule has 1 aliphatic rings. The molecule has 4 aromatic rings. The maximum absolute atomic E-state index is 13.5. The van der Waals surface area contributed by atoms with Gasteiger partial charge in [0, 0.05) is 36.5 Å². The van der Waals surface area contributed by atoms with Crippen LogP contribution in [0.5, 0.6) is 5.75 Å². The number of amides is 1. The second-order valence-electron chi connectivity index (χ2n) is 7.45. The Morgan fingerprint density at radius 1 is 1.09 bits per heavy atom. The zero-order valence-corrected chi connectivity index (χ0v) is 17.0. The summed E-state index contributed by atoms with van der Waals surface area (Å²) >= 11 is 0. The molecule has 1 fully saturated rings. The van der Waals surface area contributed by atoms with E-state index in [0.29, 0.717) is 48.1 Å². The van der Waals surface area contributed by atoms with Crippen molar-refractivity contribution in [3.8, 4) is 28.6 Å². The Kier molecular flexibility index (Phi) is 5.33. The fourth-order valence-electron chi connectivity index (χ4n) is 3.69. The van der Waals surface area contributed by atoms with Crippen molar-refractivity contribution < 1.29 is 18.4 Å². The van der Waals surface area contributed by atoms with Crippen LogP contribution >= 0.6 is 0 Å². The molecule has 2 aromatic heterocycles. The highest BCUT2D eigenvalue weighted by atomic mass is 19.1. The Morgan fingerprint density at radius 3 is 2.78 bits per heavy atom. The number of likely N-dealkylation sites (tertiary alicyclic amines) is 1. The van der Waals surface area contributed by atoms with Gasteiger partial charge in [-0.05, 0) is 42.5 Å². The van der Waals surface area contributed by atoms with Gasteiger partial charge in [-0.1, -0.05) is 23.4 Å². The lowest BCUT2D eigenvalue weighted by atomic mass is 10.2. The first kappa shape index (κ1) is 19.9. The van der Waals surface area contributed by atoms with Gasteiger partial charge < -0.3 is 14.2 Å². The Bertz CT molecular complexity index is 1240. The summed E-state index contributed by atoms with van der Waals surface area (Å²) in [6, 6.07) is 16.8. The predicted molar refractivity (Wildman–Crippen MR) is 114 cm³/mol. The fraction of sp³-hybridized carbons (Fsp3) is 0.167. The highest BCUT2D eigenvalue weighted by Crippen LogP contribution is 2.32.